The largest absolute Gasteiger partial charge is 0.261 e. The molecule has 0 bridgehead atoms. The van der Waals surface area contributed by atoms with E-state index in [0.29, 0.717) is 10.0 Å². The number of halogens is 2. The van der Waals surface area contributed by atoms with E-state index < -0.39 is 0 Å². The Kier molecular flexibility index (Phi) is 6.02. The normalized spacial score (nSPS) is 12.2. The molecule has 3 aromatic rings. The number of hydrogen-bond donors (Lipinski definition) is 0. The maximum Gasteiger partial charge on any atom is 0.205 e. The average molecular weight is 408 g/mol. The number of thioether (sulfide) groups is 1. The molecule has 25 heavy (non-hydrogen) atoms. The van der Waals surface area contributed by atoms with E-state index in [0.717, 1.165) is 21.6 Å². The highest BCUT2D eigenvalue weighted by Crippen LogP contribution is 2.30. The first-order valence-electron chi connectivity index (χ1n) is 7.39. The third-order valence-corrected chi connectivity index (χ3v) is 5.72. The Bertz CT molecular complexity index is 973. The molecule has 0 radical (unpaired) electrons. The molecule has 0 saturated carbocycles. The number of nitrogens with zero attached hydrogens (tertiary/aromatic N) is 3. The summed E-state index contributed by atoms with van der Waals surface area (Å²) in [6.07, 6.45) is 3.88. The summed E-state index contributed by atoms with van der Waals surface area (Å²) in [6.45, 7) is 0. The van der Waals surface area contributed by atoms with Gasteiger partial charge in [-0.15, -0.1) is 23.1 Å². The Labute approximate surface area is 164 Å². The number of rotatable bonds is 4. The first-order valence-corrected chi connectivity index (χ1v) is 10.3. The van der Waals surface area contributed by atoms with Crippen LogP contribution in [0.2, 0.25) is 10.0 Å². The van der Waals surface area contributed by atoms with Crippen molar-refractivity contribution in [2.45, 2.75) is 4.90 Å². The molecular weight excluding hydrogens is 393 g/mol. The van der Waals surface area contributed by atoms with Crippen LogP contribution in [0.1, 0.15) is 5.56 Å². The van der Waals surface area contributed by atoms with Gasteiger partial charge in [0, 0.05) is 27.9 Å². The van der Waals surface area contributed by atoms with E-state index in [9.17, 15) is 0 Å². The molecule has 0 atom stereocenters. The monoisotopic (exact) mass is 407 g/mol. The minimum atomic E-state index is 0.584. The van der Waals surface area contributed by atoms with Crippen LogP contribution in [0.4, 0.5) is 0 Å². The lowest BCUT2D eigenvalue weighted by Crippen LogP contribution is -2.11. The van der Waals surface area contributed by atoms with E-state index >= 15 is 0 Å². The molecule has 0 N–H and O–H groups in total. The zero-order chi connectivity index (χ0) is 17.8. The van der Waals surface area contributed by atoms with Gasteiger partial charge in [0.15, 0.2) is 0 Å². The first-order chi connectivity index (χ1) is 12.1. The summed E-state index contributed by atoms with van der Waals surface area (Å²) < 4.78 is 1.79. The molecule has 1 aromatic heterocycles. The summed E-state index contributed by atoms with van der Waals surface area (Å²) in [4.78, 5) is 6.31. The summed E-state index contributed by atoms with van der Waals surface area (Å²) >= 11 is 15.6. The molecule has 0 aliphatic rings. The minimum Gasteiger partial charge on any atom is -0.261 e. The van der Waals surface area contributed by atoms with Crippen molar-refractivity contribution in [3.63, 3.8) is 0 Å². The second-order valence-electron chi connectivity index (χ2n) is 5.08. The minimum absolute atomic E-state index is 0.584. The van der Waals surface area contributed by atoms with Gasteiger partial charge < -0.3 is 0 Å². The molecule has 0 fully saturated rings. The van der Waals surface area contributed by atoms with Gasteiger partial charge in [0.25, 0.3) is 0 Å². The van der Waals surface area contributed by atoms with Gasteiger partial charge in [0.2, 0.25) is 4.80 Å². The van der Waals surface area contributed by atoms with Crippen molar-refractivity contribution >= 4 is 52.5 Å². The Hall–Kier alpha value is -1.53. The highest BCUT2D eigenvalue weighted by atomic mass is 35.5. The van der Waals surface area contributed by atoms with Crippen LogP contribution < -0.4 is 4.80 Å². The quantitative estimate of drug-likeness (QED) is 0.405. The molecule has 128 valence electrons. The predicted molar refractivity (Wildman–Crippen MR) is 110 cm³/mol. The first kappa shape index (κ1) is 18.3. The topological polar surface area (TPSA) is 29.6 Å². The van der Waals surface area contributed by atoms with Crippen LogP contribution in [0.15, 0.2) is 62.8 Å². The van der Waals surface area contributed by atoms with Crippen LogP contribution in [0.25, 0.3) is 11.3 Å². The van der Waals surface area contributed by atoms with Crippen molar-refractivity contribution in [3.05, 3.63) is 68.3 Å². The Balaban J connectivity index is 2.03. The van der Waals surface area contributed by atoms with Crippen molar-refractivity contribution in [1.29, 1.82) is 0 Å². The number of thiazole rings is 1. The molecule has 3 rings (SSSR count). The zero-order valence-corrected chi connectivity index (χ0v) is 16.8. The highest BCUT2D eigenvalue weighted by molar-refractivity contribution is 7.98. The summed E-state index contributed by atoms with van der Waals surface area (Å²) in [5, 5.41) is 7.79. The maximum atomic E-state index is 6.36. The molecule has 0 saturated heterocycles. The summed E-state index contributed by atoms with van der Waals surface area (Å²) in [6, 6.07) is 13.7. The molecule has 1 heterocycles. The third-order valence-electron chi connectivity index (χ3n) is 3.52. The van der Waals surface area contributed by atoms with E-state index in [1.165, 1.54) is 16.2 Å². The van der Waals surface area contributed by atoms with E-state index in [2.05, 4.69) is 28.5 Å². The summed E-state index contributed by atoms with van der Waals surface area (Å²) in [7, 11) is 1.75. The predicted octanol–water partition coefficient (Wildman–Crippen LogP) is 5.66. The van der Waals surface area contributed by atoms with Crippen molar-refractivity contribution in [1.82, 2.24) is 4.68 Å². The van der Waals surface area contributed by atoms with Crippen molar-refractivity contribution in [2.75, 3.05) is 13.3 Å². The smallest absolute Gasteiger partial charge is 0.205 e. The summed E-state index contributed by atoms with van der Waals surface area (Å²) in [5.74, 6) is 0. The van der Waals surface area contributed by atoms with E-state index in [1.54, 1.807) is 29.6 Å². The van der Waals surface area contributed by atoms with Gasteiger partial charge in [-0.3, -0.25) is 4.99 Å². The van der Waals surface area contributed by atoms with E-state index in [-0.39, 0.29) is 0 Å². The van der Waals surface area contributed by atoms with Crippen LogP contribution in [0.3, 0.4) is 0 Å². The number of hydrogen-bond acceptors (Lipinski definition) is 4. The van der Waals surface area contributed by atoms with Gasteiger partial charge in [0.05, 0.1) is 16.9 Å². The van der Waals surface area contributed by atoms with Gasteiger partial charge in [-0.25, -0.2) is 4.68 Å². The van der Waals surface area contributed by atoms with E-state index in [1.807, 2.05) is 35.9 Å². The fraction of sp³-hybridized carbons (Fsp3) is 0.111. The molecule has 0 unspecified atom stereocenters. The molecule has 0 aliphatic carbocycles. The molecule has 7 heteroatoms. The van der Waals surface area contributed by atoms with Crippen LogP contribution in [0.5, 0.6) is 0 Å². The second-order valence-corrected chi connectivity index (χ2v) is 7.64. The van der Waals surface area contributed by atoms with E-state index in [4.69, 9.17) is 23.2 Å². The Morgan fingerprint density at radius 3 is 2.52 bits per heavy atom. The van der Waals surface area contributed by atoms with Gasteiger partial charge in [-0.2, -0.15) is 5.10 Å². The SMILES string of the molecule is CN=c1scc(-c2ccc(Cl)cc2Cl)n1/N=C/c1ccc(SC)cc1. The second kappa shape index (κ2) is 8.23. The van der Waals surface area contributed by atoms with Crippen LogP contribution in [-0.2, 0) is 0 Å². The third kappa shape index (κ3) is 4.18. The molecule has 3 nitrogen and oxygen atoms in total. The van der Waals surface area contributed by atoms with Gasteiger partial charge in [-0.1, -0.05) is 35.3 Å². The standard InChI is InChI=1S/C18H15Cl2N3S2/c1-21-18-23(22-10-12-3-6-14(24-2)7-4-12)17(11-25-18)15-8-5-13(19)9-16(15)20/h3-11H,1-2H3/b21-18?,22-10+. The van der Waals surface area contributed by atoms with Crippen molar-refractivity contribution in [3.8, 4) is 11.3 Å². The zero-order valence-electron chi connectivity index (χ0n) is 13.6. The van der Waals surface area contributed by atoms with Crippen molar-refractivity contribution in [2.24, 2.45) is 10.1 Å². The maximum absolute atomic E-state index is 6.36. The molecule has 0 aliphatic heterocycles. The fourth-order valence-corrected chi connectivity index (χ4v) is 3.97. The molecule has 2 aromatic carbocycles. The number of benzene rings is 2. The lowest BCUT2D eigenvalue weighted by atomic mass is 10.2. The van der Waals surface area contributed by atoms with Crippen LogP contribution >= 0.6 is 46.3 Å². The average Bonchev–Trinajstić information content (AvgIpc) is 3.03. The lowest BCUT2D eigenvalue weighted by Gasteiger charge is -2.06. The molecular formula is C18H15Cl2N3S2. The molecule has 0 spiro atoms. The Morgan fingerprint density at radius 1 is 1.12 bits per heavy atom. The highest BCUT2D eigenvalue weighted by Gasteiger charge is 2.11. The molecule has 0 amide bonds. The number of aromatic nitrogens is 1. The van der Waals surface area contributed by atoms with Crippen LogP contribution in [0, 0.1) is 0 Å². The Morgan fingerprint density at radius 2 is 1.88 bits per heavy atom. The van der Waals surface area contributed by atoms with Gasteiger partial charge in [0.1, 0.15) is 0 Å². The fourth-order valence-electron chi connectivity index (χ4n) is 2.26. The summed E-state index contributed by atoms with van der Waals surface area (Å²) in [5.41, 5.74) is 2.77. The lowest BCUT2D eigenvalue weighted by molar-refractivity contribution is 0.848. The van der Waals surface area contributed by atoms with Gasteiger partial charge in [-0.05, 0) is 42.2 Å². The van der Waals surface area contributed by atoms with Gasteiger partial charge >= 0.3 is 0 Å². The van der Waals surface area contributed by atoms with Crippen molar-refractivity contribution < 1.29 is 0 Å². The van der Waals surface area contributed by atoms with Crippen LogP contribution in [-0.4, -0.2) is 24.2 Å².